The molecule has 2 amide bonds. The molecule has 2 fully saturated rings. The van der Waals surface area contributed by atoms with Gasteiger partial charge in [0.25, 0.3) is 0 Å². The number of aliphatic carboxylic acids is 1. The van der Waals surface area contributed by atoms with E-state index in [-0.39, 0.29) is 23.7 Å². The molecule has 1 heterocycles. The number of carbonyl (C=O) groups excluding carboxylic acids is 2. The van der Waals surface area contributed by atoms with E-state index in [2.05, 4.69) is 5.32 Å². The third-order valence-electron chi connectivity index (χ3n) is 4.95. The summed E-state index contributed by atoms with van der Waals surface area (Å²) in [5, 5.41) is 11.9. The first kappa shape index (κ1) is 16.5. The van der Waals surface area contributed by atoms with Crippen LogP contribution in [0.1, 0.15) is 38.5 Å². The molecule has 6 heteroatoms. The average Bonchev–Trinajstić information content (AvgIpc) is 3.01. The number of hydrogen-bond donors (Lipinski definition) is 2. The molecule has 0 atom stereocenters. The van der Waals surface area contributed by atoms with Gasteiger partial charge in [0.05, 0.1) is 5.92 Å². The number of hydrogen-bond acceptors (Lipinski definition) is 3. The normalized spacial score (nSPS) is 24.0. The van der Waals surface area contributed by atoms with E-state index in [4.69, 9.17) is 5.11 Å². The maximum atomic E-state index is 12.4. The Morgan fingerprint density at radius 1 is 1.12 bits per heavy atom. The van der Waals surface area contributed by atoms with Crippen LogP contribution >= 0.6 is 0 Å². The Labute approximate surface area is 140 Å². The van der Waals surface area contributed by atoms with Gasteiger partial charge in [-0.2, -0.15) is 0 Å². The van der Waals surface area contributed by atoms with E-state index in [1.807, 2.05) is 24.3 Å². The first-order chi connectivity index (χ1) is 11.5. The number of amides is 2. The van der Waals surface area contributed by atoms with Crippen LogP contribution in [0.3, 0.4) is 0 Å². The smallest absolute Gasteiger partial charge is 0.306 e. The summed E-state index contributed by atoms with van der Waals surface area (Å²) < 4.78 is 0. The zero-order valence-electron chi connectivity index (χ0n) is 13.5. The summed E-state index contributed by atoms with van der Waals surface area (Å²) in [5.41, 5.74) is 1.49. The summed E-state index contributed by atoms with van der Waals surface area (Å²) in [5.74, 6) is -1.18. The topological polar surface area (TPSA) is 86.7 Å². The first-order valence-electron chi connectivity index (χ1n) is 8.48. The summed E-state index contributed by atoms with van der Waals surface area (Å²) in [6, 6.07) is 7.34. The standard InChI is InChI=1S/C18H22N2O4/c21-16-5-2-10-20(16)15-4-1-3-14(11-15)19-17(22)12-6-8-13(9-7-12)18(23)24/h1,3-4,11-13H,2,5-10H2,(H,19,22)(H,23,24). The van der Waals surface area contributed by atoms with E-state index in [0.29, 0.717) is 37.8 Å². The zero-order valence-corrected chi connectivity index (χ0v) is 13.5. The fourth-order valence-electron chi connectivity index (χ4n) is 3.52. The van der Waals surface area contributed by atoms with Crippen LogP contribution < -0.4 is 10.2 Å². The van der Waals surface area contributed by atoms with Crippen molar-refractivity contribution in [2.75, 3.05) is 16.8 Å². The zero-order chi connectivity index (χ0) is 17.1. The maximum Gasteiger partial charge on any atom is 0.306 e. The van der Waals surface area contributed by atoms with Crippen LogP contribution in [0.2, 0.25) is 0 Å². The van der Waals surface area contributed by atoms with Gasteiger partial charge in [-0.25, -0.2) is 0 Å². The number of benzene rings is 1. The van der Waals surface area contributed by atoms with Gasteiger partial charge in [0.2, 0.25) is 11.8 Å². The molecule has 1 aromatic carbocycles. The lowest BCUT2D eigenvalue weighted by molar-refractivity contribution is -0.143. The lowest BCUT2D eigenvalue weighted by Crippen LogP contribution is -2.29. The number of nitrogens with one attached hydrogen (secondary N) is 1. The van der Waals surface area contributed by atoms with Crippen molar-refractivity contribution >= 4 is 29.2 Å². The van der Waals surface area contributed by atoms with E-state index in [1.165, 1.54) is 0 Å². The molecule has 0 radical (unpaired) electrons. The largest absolute Gasteiger partial charge is 0.481 e. The number of carbonyl (C=O) groups is 3. The van der Waals surface area contributed by atoms with E-state index in [9.17, 15) is 14.4 Å². The van der Waals surface area contributed by atoms with Crippen molar-refractivity contribution in [2.24, 2.45) is 11.8 Å². The highest BCUT2D eigenvalue weighted by Crippen LogP contribution is 2.30. The summed E-state index contributed by atoms with van der Waals surface area (Å²) in [4.78, 5) is 37.0. The Balaban J connectivity index is 1.61. The van der Waals surface area contributed by atoms with E-state index >= 15 is 0 Å². The number of rotatable bonds is 4. The van der Waals surface area contributed by atoms with Crippen molar-refractivity contribution in [3.8, 4) is 0 Å². The van der Waals surface area contributed by atoms with Gasteiger partial charge in [0.1, 0.15) is 0 Å². The van der Waals surface area contributed by atoms with Crippen molar-refractivity contribution in [1.29, 1.82) is 0 Å². The molecule has 0 spiro atoms. The summed E-state index contributed by atoms with van der Waals surface area (Å²) in [7, 11) is 0. The third kappa shape index (κ3) is 3.58. The molecule has 0 aromatic heterocycles. The van der Waals surface area contributed by atoms with Gasteiger partial charge in [0, 0.05) is 30.3 Å². The summed E-state index contributed by atoms with van der Waals surface area (Å²) in [6.07, 6.45) is 3.75. The SMILES string of the molecule is O=C(O)C1CCC(C(=O)Nc2cccc(N3CCCC3=O)c2)CC1. The van der Waals surface area contributed by atoms with Gasteiger partial charge in [-0.1, -0.05) is 6.07 Å². The molecule has 0 bridgehead atoms. The molecule has 2 N–H and O–H groups in total. The highest BCUT2D eigenvalue weighted by molar-refractivity contribution is 5.97. The van der Waals surface area contributed by atoms with Crippen molar-refractivity contribution in [3.63, 3.8) is 0 Å². The monoisotopic (exact) mass is 330 g/mol. The fraction of sp³-hybridized carbons (Fsp3) is 0.500. The van der Waals surface area contributed by atoms with Crippen LogP contribution in [0.5, 0.6) is 0 Å². The van der Waals surface area contributed by atoms with E-state index < -0.39 is 5.97 Å². The Morgan fingerprint density at radius 3 is 2.46 bits per heavy atom. The van der Waals surface area contributed by atoms with Gasteiger partial charge >= 0.3 is 5.97 Å². The Bertz CT molecular complexity index is 650. The predicted molar refractivity (Wildman–Crippen MR) is 89.7 cm³/mol. The minimum atomic E-state index is -0.767. The Morgan fingerprint density at radius 2 is 1.83 bits per heavy atom. The Kier molecular flexibility index (Phi) is 4.83. The molecule has 24 heavy (non-hydrogen) atoms. The molecular formula is C18H22N2O4. The molecule has 3 rings (SSSR count). The second kappa shape index (κ2) is 7.03. The van der Waals surface area contributed by atoms with Gasteiger partial charge in [-0.05, 0) is 50.3 Å². The van der Waals surface area contributed by atoms with Crippen LogP contribution in [-0.4, -0.2) is 29.4 Å². The quantitative estimate of drug-likeness (QED) is 0.888. The van der Waals surface area contributed by atoms with Crippen molar-refractivity contribution in [2.45, 2.75) is 38.5 Å². The third-order valence-corrected chi connectivity index (χ3v) is 4.95. The van der Waals surface area contributed by atoms with E-state index in [0.717, 1.165) is 18.7 Å². The number of anilines is 2. The van der Waals surface area contributed by atoms with Crippen LogP contribution in [0, 0.1) is 11.8 Å². The van der Waals surface area contributed by atoms with Crippen LogP contribution in [0.25, 0.3) is 0 Å². The second-order valence-electron chi connectivity index (χ2n) is 6.58. The van der Waals surface area contributed by atoms with Crippen LogP contribution in [-0.2, 0) is 14.4 Å². The van der Waals surface area contributed by atoms with E-state index in [1.54, 1.807) is 4.90 Å². The molecule has 1 aliphatic heterocycles. The maximum absolute atomic E-state index is 12.4. The molecule has 6 nitrogen and oxygen atoms in total. The summed E-state index contributed by atoms with van der Waals surface area (Å²) in [6.45, 7) is 0.718. The number of nitrogens with zero attached hydrogens (tertiary/aromatic N) is 1. The van der Waals surface area contributed by atoms with Gasteiger partial charge in [0.15, 0.2) is 0 Å². The number of carboxylic acids is 1. The highest BCUT2D eigenvalue weighted by Gasteiger charge is 2.30. The second-order valence-corrected chi connectivity index (χ2v) is 6.58. The van der Waals surface area contributed by atoms with Gasteiger partial charge in [-0.3, -0.25) is 14.4 Å². The number of carboxylic acid groups (broad SMARTS) is 1. The molecule has 128 valence electrons. The Hall–Kier alpha value is -2.37. The van der Waals surface area contributed by atoms with Crippen molar-refractivity contribution < 1.29 is 19.5 Å². The highest BCUT2D eigenvalue weighted by atomic mass is 16.4. The molecule has 1 aromatic rings. The van der Waals surface area contributed by atoms with Gasteiger partial charge in [-0.15, -0.1) is 0 Å². The molecular weight excluding hydrogens is 308 g/mol. The fourth-order valence-corrected chi connectivity index (χ4v) is 3.52. The minimum absolute atomic E-state index is 0.0660. The average molecular weight is 330 g/mol. The first-order valence-corrected chi connectivity index (χ1v) is 8.48. The lowest BCUT2D eigenvalue weighted by atomic mass is 9.81. The van der Waals surface area contributed by atoms with Crippen LogP contribution in [0.4, 0.5) is 11.4 Å². The molecule has 2 aliphatic rings. The molecule has 0 unspecified atom stereocenters. The molecule has 1 aliphatic carbocycles. The molecule has 1 saturated carbocycles. The summed E-state index contributed by atoms with van der Waals surface area (Å²) >= 11 is 0. The van der Waals surface area contributed by atoms with Crippen molar-refractivity contribution in [1.82, 2.24) is 0 Å². The predicted octanol–water partition coefficient (Wildman–Crippen LogP) is 2.64. The lowest BCUT2D eigenvalue weighted by Gasteiger charge is -2.25. The van der Waals surface area contributed by atoms with Gasteiger partial charge < -0.3 is 15.3 Å². The van der Waals surface area contributed by atoms with Crippen molar-refractivity contribution in [3.05, 3.63) is 24.3 Å². The molecule has 1 saturated heterocycles. The van der Waals surface area contributed by atoms with Crippen LogP contribution in [0.15, 0.2) is 24.3 Å². The minimum Gasteiger partial charge on any atom is -0.481 e.